The van der Waals surface area contributed by atoms with Gasteiger partial charge in [-0.2, -0.15) is 0 Å². The van der Waals surface area contributed by atoms with Crippen LogP contribution in [0, 0.1) is 15.9 Å². The number of hydrogen-bond donors (Lipinski definition) is 2. The average Bonchev–Trinajstić information content (AvgIpc) is 3.12. The molecule has 118 valence electrons. The summed E-state index contributed by atoms with van der Waals surface area (Å²) in [5.41, 5.74) is 1.51. The van der Waals surface area contributed by atoms with Crippen LogP contribution in [0.3, 0.4) is 0 Å². The molecule has 0 bridgehead atoms. The number of H-pyrrole nitrogens is 1. The van der Waals surface area contributed by atoms with Crippen molar-refractivity contribution in [3.8, 4) is 0 Å². The molecule has 1 aromatic carbocycles. The molecule has 0 atom stereocenters. The van der Waals surface area contributed by atoms with Gasteiger partial charge in [0, 0.05) is 24.4 Å². The lowest BCUT2D eigenvalue weighted by molar-refractivity contribution is -0.380. The molecule has 2 aromatic heterocycles. The highest BCUT2D eigenvalue weighted by Gasteiger charge is 2.14. The Balaban J connectivity index is 1.59. The van der Waals surface area contributed by atoms with Crippen LogP contribution in [0.15, 0.2) is 29.6 Å². The largest absolute Gasteiger partial charge is 0.352 e. The maximum Gasteiger partial charge on any atom is 0.324 e. The van der Waals surface area contributed by atoms with Crippen molar-refractivity contribution in [3.05, 3.63) is 57.0 Å². The van der Waals surface area contributed by atoms with E-state index in [4.69, 9.17) is 0 Å². The quantitative estimate of drug-likeness (QED) is 0.553. The molecule has 1 amide bonds. The number of imidazole rings is 1. The number of benzene rings is 1. The van der Waals surface area contributed by atoms with E-state index in [2.05, 4.69) is 15.3 Å². The van der Waals surface area contributed by atoms with Gasteiger partial charge in [-0.25, -0.2) is 9.37 Å². The summed E-state index contributed by atoms with van der Waals surface area (Å²) in [6.45, 7) is 0.310. The van der Waals surface area contributed by atoms with Crippen LogP contribution in [0.2, 0.25) is 0 Å². The average molecular weight is 334 g/mol. The molecule has 0 saturated carbocycles. The van der Waals surface area contributed by atoms with Gasteiger partial charge in [-0.1, -0.05) is 11.3 Å². The number of aromatic nitrogens is 2. The number of hydrogen-bond acceptors (Lipinski definition) is 5. The number of rotatable bonds is 5. The number of carbonyl (C=O) groups excluding carboxylic acids is 1. The highest BCUT2D eigenvalue weighted by molar-refractivity contribution is 7.13. The Morgan fingerprint density at radius 3 is 3.00 bits per heavy atom. The standard InChI is InChI=1S/C14H11FN4O3S/c15-9-1-2-10-11(6-9)18-12(17-10)3-4-16-14(20)8-5-13(19(21)22)23-7-8/h1-2,5-7H,3-4H2,(H,16,20)(H,17,18). The second-order valence-corrected chi connectivity index (χ2v) is 5.67. The first-order valence-corrected chi connectivity index (χ1v) is 7.56. The van der Waals surface area contributed by atoms with Crippen molar-refractivity contribution in [1.29, 1.82) is 0 Å². The molecule has 0 unspecified atom stereocenters. The molecule has 9 heteroatoms. The van der Waals surface area contributed by atoms with Gasteiger partial charge in [-0.3, -0.25) is 14.9 Å². The van der Waals surface area contributed by atoms with E-state index in [1.807, 2.05) is 0 Å². The maximum atomic E-state index is 13.1. The Bertz CT molecular complexity index is 889. The van der Waals surface area contributed by atoms with Crippen molar-refractivity contribution in [2.75, 3.05) is 6.54 Å². The van der Waals surface area contributed by atoms with Crippen molar-refractivity contribution in [2.45, 2.75) is 6.42 Å². The van der Waals surface area contributed by atoms with Crippen LogP contribution in [0.1, 0.15) is 16.2 Å². The monoisotopic (exact) mass is 334 g/mol. The summed E-state index contributed by atoms with van der Waals surface area (Å²) in [5, 5.41) is 14.6. The number of nitrogens with one attached hydrogen (secondary N) is 2. The number of nitro groups is 1. The van der Waals surface area contributed by atoms with Crippen molar-refractivity contribution in [1.82, 2.24) is 15.3 Å². The highest BCUT2D eigenvalue weighted by atomic mass is 32.1. The number of fused-ring (bicyclic) bond motifs is 1. The molecule has 23 heavy (non-hydrogen) atoms. The minimum absolute atomic E-state index is 0.0746. The van der Waals surface area contributed by atoms with Crippen LogP contribution in [-0.4, -0.2) is 27.3 Å². The van der Waals surface area contributed by atoms with Crippen molar-refractivity contribution in [2.24, 2.45) is 0 Å². The topological polar surface area (TPSA) is 101 Å². The Morgan fingerprint density at radius 2 is 2.26 bits per heavy atom. The van der Waals surface area contributed by atoms with Gasteiger partial charge in [0.1, 0.15) is 11.6 Å². The van der Waals surface area contributed by atoms with E-state index >= 15 is 0 Å². The molecule has 2 heterocycles. The van der Waals surface area contributed by atoms with E-state index in [0.717, 1.165) is 11.3 Å². The first-order chi connectivity index (χ1) is 11.0. The number of thiophene rings is 1. The minimum atomic E-state index is -0.533. The summed E-state index contributed by atoms with van der Waals surface area (Å²) in [6.07, 6.45) is 0.439. The van der Waals surface area contributed by atoms with Crippen LogP contribution >= 0.6 is 11.3 Å². The van der Waals surface area contributed by atoms with E-state index < -0.39 is 4.92 Å². The Labute approximate surface area is 133 Å². The van der Waals surface area contributed by atoms with E-state index in [1.165, 1.54) is 23.6 Å². The van der Waals surface area contributed by atoms with Gasteiger partial charge in [0.2, 0.25) is 0 Å². The molecule has 0 radical (unpaired) electrons. The fraction of sp³-hybridized carbons (Fsp3) is 0.143. The van der Waals surface area contributed by atoms with Gasteiger partial charge in [0.05, 0.1) is 21.5 Å². The number of halogens is 1. The summed E-state index contributed by atoms with van der Waals surface area (Å²) >= 11 is 0.906. The lowest BCUT2D eigenvalue weighted by Gasteiger charge is -2.01. The second-order valence-electron chi connectivity index (χ2n) is 4.78. The molecule has 0 aliphatic rings. The Kier molecular flexibility index (Phi) is 4.02. The first-order valence-electron chi connectivity index (χ1n) is 6.68. The predicted molar refractivity (Wildman–Crippen MR) is 83.1 cm³/mol. The lowest BCUT2D eigenvalue weighted by Crippen LogP contribution is -2.25. The van der Waals surface area contributed by atoms with Gasteiger partial charge >= 0.3 is 5.00 Å². The summed E-state index contributed by atoms with van der Waals surface area (Å²) in [5.74, 6) is -0.0984. The summed E-state index contributed by atoms with van der Waals surface area (Å²) in [7, 11) is 0. The molecule has 0 saturated heterocycles. The molecule has 7 nitrogen and oxygen atoms in total. The molecule has 3 rings (SSSR count). The number of aromatic amines is 1. The zero-order chi connectivity index (χ0) is 16.4. The number of carbonyl (C=O) groups is 1. The van der Waals surface area contributed by atoms with Crippen LogP contribution < -0.4 is 5.32 Å². The fourth-order valence-electron chi connectivity index (χ4n) is 2.09. The van der Waals surface area contributed by atoms with E-state index in [1.54, 1.807) is 6.07 Å². The molecule has 0 aliphatic heterocycles. The van der Waals surface area contributed by atoms with Gasteiger partial charge in [-0.15, -0.1) is 0 Å². The van der Waals surface area contributed by atoms with Crippen LogP contribution in [0.4, 0.5) is 9.39 Å². The van der Waals surface area contributed by atoms with Crippen LogP contribution in [0.25, 0.3) is 11.0 Å². The Hall–Kier alpha value is -2.81. The van der Waals surface area contributed by atoms with E-state index in [9.17, 15) is 19.3 Å². The first kappa shape index (κ1) is 15.1. The van der Waals surface area contributed by atoms with Gasteiger partial charge in [-0.05, 0) is 18.2 Å². The molecule has 0 fully saturated rings. The van der Waals surface area contributed by atoms with Gasteiger partial charge in [0.15, 0.2) is 0 Å². The zero-order valence-electron chi connectivity index (χ0n) is 11.7. The Morgan fingerprint density at radius 1 is 1.43 bits per heavy atom. The highest BCUT2D eigenvalue weighted by Crippen LogP contribution is 2.22. The van der Waals surface area contributed by atoms with Crippen molar-refractivity contribution in [3.63, 3.8) is 0 Å². The fourth-order valence-corrected chi connectivity index (χ4v) is 2.79. The second kappa shape index (κ2) is 6.13. The van der Waals surface area contributed by atoms with Crippen LogP contribution in [0.5, 0.6) is 0 Å². The van der Waals surface area contributed by atoms with Crippen molar-refractivity contribution < 1.29 is 14.1 Å². The number of nitrogens with zero attached hydrogens (tertiary/aromatic N) is 2. The molecule has 0 aliphatic carbocycles. The molecular formula is C14H11FN4O3S. The summed E-state index contributed by atoms with van der Waals surface area (Å²) in [6, 6.07) is 5.50. The normalized spacial score (nSPS) is 10.8. The van der Waals surface area contributed by atoms with Gasteiger partial charge < -0.3 is 10.3 Å². The zero-order valence-corrected chi connectivity index (χ0v) is 12.5. The molecular weight excluding hydrogens is 323 g/mol. The van der Waals surface area contributed by atoms with Crippen molar-refractivity contribution >= 4 is 33.3 Å². The van der Waals surface area contributed by atoms with Crippen LogP contribution in [-0.2, 0) is 6.42 Å². The summed E-state index contributed by atoms with van der Waals surface area (Å²) in [4.78, 5) is 29.2. The van der Waals surface area contributed by atoms with Gasteiger partial charge in [0.25, 0.3) is 5.91 Å². The maximum absolute atomic E-state index is 13.1. The third kappa shape index (κ3) is 3.34. The smallest absolute Gasteiger partial charge is 0.324 e. The van der Waals surface area contributed by atoms with E-state index in [-0.39, 0.29) is 22.3 Å². The minimum Gasteiger partial charge on any atom is -0.352 e. The molecule has 3 aromatic rings. The molecule has 2 N–H and O–H groups in total. The van der Waals surface area contributed by atoms with E-state index in [0.29, 0.717) is 29.8 Å². The predicted octanol–water partition coefficient (Wildman–Crippen LogP) is 2.64. The summed E-state index contributed by atoms with van der Waals surface area (Å²) < 4.78 is 13.1. The number of amides is 1. The third-order valence-corrected chi connectivity index (χ3v) is 4.05. The molecule has 0 spiro atoms. The SMILES string of the molecule is O=C(NCCc1nc2ccc(F)cc2[nH]1)c1csc([N+](=O)[O-])c1. The third-order valence-electron chi connectivity index (χ3n) is 3.17. The lowest BCUT2D eigenvalue weighted by atomic mass is 10.3.